The Morgan fingerprint density at radius 1 is 1.07 bits per heavy atom. The number of ether oxygens (including phenoxy) is 3. The van der Waals surface area contributed by atoms with E-state index in [1.807, 2.05) is 13.0 Å². The fraction of sp³-hybridized carbons (Fsp3) is 0.636. The minimum atomic E-state index is 0.169. The maximum Gasteiger partial charge on any atom is 0.233 e. The van der Waals surface area contributed by atoms with Crippen molar-refractivity contribution in [1.29, 1.82) is 0 Å². The van der Waals surface area contributed by atoms with Crippen molar-refractivity contribution in [3.05, 3.63) is 35.5 Å². The number of piperidine rings is 1. The molecule has 2 aliphatic rings. The van der Waals surface area contributed by atoms with Crippen molar-refractivity contribution < 1.29 is 18.6 Å². The van der Waals surface area contributed by atoms with Gasteiger partial charge in [-0.05, 0) is 56.8 Å². The van der Waals surface area contributed by atoms with Crippen LogP contribution in [-0.4, -0.2) is 48.6 Å². The number of hydrogen-bond acceptors (Lipinski definition) is 7. The first-order chi connectivity index (χ1) is 14.3. The largest absolute Gasteiger partial charge is 0.493 e. The van der Waals surface area contributed by atoms with E-state index in [0.717, 1.165) is 68.8 Å². The third kappa shape index (κ3) is 4.73. The highest BCUT2D eigenvalue weighted by molar-refractivity contribution is 5.43. The lowest BCUT2D eigenvalue weighted by atomic mass is 10.0. The Balaban J connectivity index is 1.48. The summed E-state index contributed by atoms with van der Waals surface area (Å²) in [4.78, 5) is 2.44. The van der Waals surface area contributed by atoms with E-state index in [2.05, 4.69) is 27.2 Å². The predicted octanol–water partition coefficient (Wildman–Crippen LogP) is 4.10. The van der Waals surface area contributed by atoms with Gasteiger partial charge < -0.3 is 18.6 Å². The van der Waals surface area contributed by atoms with Crippen molar-refractivity contribution in [3.8, 4) is 11.5 Å². The number of hydrogen-bond donors (Lipinski definition) is 0. The quantitative estimate of drug-likeness (QED) is 0.692. The molecule has 158 valence electrons. The van der Waals surface area contributed by atoms with E-state index >= 15 is 0 Å². The molecule has 7 heteroatoms. The zero-order valence-electron chi connectivity index (χ0n) is 17.4. The van der Waals surface area contributed by atoms with Gasteiger partial charge in [-0.15, -0.1) is 10.2 Å². The fourth-order valence-electron chi connectivity index (χ4n) is 4.27. The van der Waals surface area contributed by atoms with Gasteiger partial charge in [0.1, 0.15) is 0 Å². The lowest BCUT2D eigenvalue weighted by molar-refractivity contribution is 0.0768. The molecule has 29 heavy (non-hydrogen) atoms. The highest BCUT2D eigenvalue weighted by atomic mass is 16.5. The Bertz CT molecular complexity index is 788. The minimum absolute atomic E-state index is 0.169. The number of nitrogens with zero attached hydrogens (tertiary/aromatic N) is 3. The van der Waals surface area contributed by atoms with Gasteiger partial charge in [-0.2, -0.15) is 0 Å². The Kier molecular flexibility index (Phi) is 6.67. The zero-order chi connectivity index (χ0) is 20.1. The van der Waals surface area contributed by atoms with E-state index in [-0.39, 0.29) is 6.04 Å². The van der Waals surface area contributed by atoms with Gasteiger partial charge in [0, 0.05) is 25.7 Å². The topological polar surface area (TPSA) is 69.9 Å². The SMILES string of the molecule is CCOc1ccc(CN2CCCC[C@H]2c2nnc(C3CCOCC3)o2)cc1OC. The first kappa shape index (κ1) is 20.2. The van der Waals surface area contributed by atoms with E-state index in [4.69, 9.17) is 18.6 Å². The summed E-state index contributed by atoms with van der Waals surface area (Å²) < 4.78 is 22.8. The van der Waals surface area contributed by atoms with Crippen LogP contribution in [0.3, 0.4) is 0 Å². The van der Waals surface area contributed by atoms with Crippen molar-refractivity contribution in [2.75, 3.05) is 33.5 Å². The van der Waals surface area contributed by atoms with E-state index in [9.17, 15) is 0 Å². The van der Waals surface area contributed by atoms with Crippen LogP contribution in [0, 0.1) is 0 Å². The molecule has 0 unspecified atom stereocenters. The molecule has 3 heterocycles. The molecule has 1 aromatic carbocycles. The van der Waals surface area contributed by atoms with Crippen LogP contribution >= 0.6 is 0 Å². The summed E-state index contributed by atoms with van der Waals surface area (Å²) in [6.45, 7) is 5.99. The summed E-state index contributed by atoms with van der Waals surface area (Å²) in [5.41, 5.74) is 1.20. The van der Waals surface area contributed by atoms with Gasteiger partial charge >= 0.3 is 0 Å². The number of rotatable bonds is 7. The summed E-state index contributed by atoms with van der Waals surface area (Å²) in [6, 6.07) is 6.34. The Labute approximate surface area is 172 Å². The molecule has 0 aliphatic carbocycles. The molecular weight excluding hydrogens is 370 g/mol. The lowest BCUT2D eigenvalue weighted by Crippen LogP contribution is -2.33. The smallest absolute Gasteiger partial charge is 0.233 e. The molecule has 0 bridgehead atoms. The minimum Gasteiger partial charge on any atom is -0.493 e. The molecule has 2 fully saturated rings. The Morgan fingerprint density at radius 3 is 2.69 bits per heavy atom. The van der Waals surface area contributed by atoms with Gasteiger partial charge in [-0.25, -0.2) is 0 Å². The first-order valence-electron chi connectivity index (χ1n) is 10.7. The van der Waals surface area contributed by atoms with Crippen LogP contribution in [0.1, 0.15) is 68.3 Å². The standard InChI is InChI=1S/C22H31N3O4/c1-3-28-19-8-7-16(14-20(19)26-2)15-25-11-5-4-6-18(25)22-24-23-21(29-22)17-9-12-27-13-10-17/h7-8,14,17-18H,3-6,9-13,15H2,1-2H3/t18-/m0/s1. The van der Waals surface area contributed by atoms with Crippen LogP contribution in [0.2, 0.25) is 0 Å². The maximum absolute atomic E-state index is 6.16. The Hall–Kier alpha value is -2.12. The number of aromatic nitrogens is 2. The normalized spacial score (nSPS) is 21.2. The summed E-state index contributed by atoms with van der Waals surface area (Å²) >= 11 is 0. The van der Waals surface area contributed by atoms with E-state index in [1.54, 1.807) is 7.11 Å². The van der Waals surface area contributed by atoms with Crippen LogP contribution in [0.5, 0.6) is 11.5 Å². The average molecular weight is 402 g/mol. The summed E-state index contributed by atoms with van der Waals surface area (Å²) in [5.74, 6) is 3.42. The second-order valence-electron chi connectivity index (χ2n) is 7.77. The summed E-state index contributed by atoms with van der Waals surface area (Å²) in [7, 11) is 1.68. The number of likely N-dealkylation sites (tertiary alicyclic amines) is 1. The average Bonchev–Trinajstić information content (AvgIpc) is 3.26. The summed E-state index contributed by atoms with van der Waals surface area (Å²) in [5, 5.41) is 8.82. The molecule has 1 aromatic heterocycles. The molecule has 0 amide bonds. The van der Waals surface area contributed by atoms with E-state index in [1.165, 1.54) is 18.4 Å². The first-order valence-corrected chi connectivity index (χ1v) is 10.7. The van der Waals surface area contributed by atoms with Gasteiger partial charge in [0.05, 0.1) is 19.8 Å². The summed E-state index contributed by atoms with van der Waals surface area (Å²) in [6.07, 6.45) is 5.34. The molecule has 0 N–H and O–H groups in total. The molecule has 0 radical (unpaired) electrons. The van der Waals surface area contributed by atoms with Crippen LogP contribution in [0.25, 0.3) is 0 Å². The van der Waals surface area contributed by atoms with E-state index < -0.39 is 0 Å². The molecule has 7 nitrogen and oxygen atoms in total. The number of methoxy groups -OCH3 is 1. The van der Waals surface area contributed by atoms with Crippen LogP contribution in [0.4, 0.5) is 0 Å². The maximum atomic E-state index is 6.16. The van der Waals surface area contributed by atoms with Gasteiger partial charge in [-0.1, -0.05) is 12.5 Å². The van der Waals surface area contributed by atoms with Crippen molar-refractivity contribution >= 4 is 0 Å². The van der Waals surface area contributed by atoms with Crippen molar-refractivity contribution in [2.45, 2.75) is 57.5 Å². The van der Waals surface area contributed by atoms with Crippen molar-refractivity contribution in [3.63, 3.8) is 0 Å². The molecular formula is C22H31N3O4. The molecule has 2 aliphatic heterocycles. The zero-order valence-corrected chi connectivity index (χ0v) is 17.4. The monoisotopic (exact) mass is 401 g/mol. The molecule has 2 aromatic rings. The van der Waals surface area contributed by atoms with Crippen molar-refractivity contribution in [1.82, 2.24) is 15.1 Å². The van der Waals surface area contributed by atoms with Gasteiger partial charge in [0.25, 0.3) is 0 Å². The third-order valence-corrected chi connectivity index (χ3v) is 5.84. The highest BCUT2D eigenvalue weighted by Crippen LogP contribution is 2.35. The van der Waals surface area contributed by atoms with Gasteiger partial charge in [0.2, 0.25) is 11.8 Å². The van der Waals surface area contributed by atoms with Gasteiger partial charge in [-0.3, -0.25) is 4.90 Å². The van der Waals surface area contributed by atoms with Gasteiger partial charge in [0.15, 0.2) is 11.5 Å². The lowest BCUT2D eigenvalue weighted by Gasteiger charge is -2.33. The molecule has 4 rings (SSSR count). The van der Waals surface area contributed by atoms with Crippen LogP contribution < -0.4 is 9.47 Å². The van der Waals surface area contributed by atoms with E-state index in [0.29, 0.717) is 12.5 Å². The Morgan fingerprint density at radius 2 is 1.90 bits per heavy atom. The highest BCUT2D eigenvalue weighted by Gasteiger charge is 2.30. The van der Waals surface area contributed by atoms with Crippen LogP contribution in [0.15, 0.2) is 22.6 Å². The molecule has 1 atom stereocenters. The van der Waals surface area contributed by atoms with Crippen LogP contribution in [-0.2, 0) is 11.3 Å². The van der Waals surface area contributed by atoms with Crippen molar-refractivity contribution in [2.24, 2.45) is 0 Å². The molecule has 2 saturated heterocycles. The number of benzene rings is 1. The third-order valence-electron chi connectivity index (χ3n) is 5.84. The molecule has 0 saturated carbocycles. The second-order valence-corrected chi connectivity index (χ2v) is 7.77. The second kappa shape index (κ2) is 9.59. The fourth-order valence-corrected chi connectivity index (χ4v) is 4.27. The predicted molar refractivity (Wildman–Crippen MR) is 108 cm³/mol. The molecule has 0 spiro atoms.